The first-order chi connectivity index (χ1) is 13.9. The maximum atomic E-state index is 13.6. The quantitative estimate of drug-likeness (QED) is 0.750. The Bertz CT molecular complexity index is 910. The van der Waals surface area contributed by atoms with Gasteiger partial charge < -0.3 is 15.8 Å². The largest absolute Gasteiger partial charge is 0.369 e. The molecule has 29 heavy (non-hydrogen) atoms. The van der Waals surface area contributed by atoms with Crippen LogP contribution in [-0.4, -0.2) is 41.0 Å². The number of hydrogen-bond donors (Lipinski definition) is 2. The van der Waals surface area contributed by atoms with E-state index in [1.54, 1.807) is 31.2 Å². The number of anilines is 1. The minimum absolute atomic E-state index is 0.107. The van der Waals surface area contributed by atoms with Crippen LogP contribution in [0.3, 0.4) is 0 Å². The van der Waals surface area contributed by atoms with Crippen molar-refractivity contribution in [3.8, 4) is 0 Å². The van der Waals surface area contributed by atoms with E-state index in [2.05, 4.69) is 5.32 Å². The molecule has 0 aromatic heterocycles. The lowest BCUT2D eigenvalue weighted by atomic mass is 9.70. The number of amides is 3. The minimum Gasteiger partial charge on any atom is -0.369 e. The number of carbonyl (C=O) groups excluding carboxylic acids is 3. The van der Waals surface area contributed by atoms with E-state index >= 15 is 0 Å². The molecule has 2 bridgehead atoms. The maximum absolute atomic E-state index is 13.6. The second-order valence-electron chi connectivity index (χ2n) is 8.77. The first-order valence-electron chi connectivity index (χ1n) is 10.3. The van der Waals surface area contributed by atoms with Crippen LogP contribution in [0, 0.1) is 11.8 Å². The van der Waals surface area contributed by atoms with E-state index in [0.717, 1.165) is 25.7 Å². The highest BCUT2D eigenvalue weighted by Gasteiger charge is 2.76. The Morgan fingerprint density at radius 1 is 1.17 bits per heavy atom. The van der Waals surface area contributed by atoms with Crippen LogP contribution in [0.25, 0.3) is 0 Å². The molecule has 1 saturated carbocycles. The number of benzene rings is 1. The van der Waals surface area contributed by atoms with Gasteiger partial charge in [0, 0.05) is 11.7 Å². The SMILES string of the molecule is C[C@@]12C=C[C@@]3(O1)[C@H](C(=O)N(c1ccccc1)[C@@H]3C(=O)NC1CCCC1)[C@@H]2C(N)=O. The molecule has 1 aromatic carbocycles. The predicted molar refractivity (Wildman–Crippen MR) is 106 cm³/mol. The summed E-state index contributed by atoms with van der Waals surface area (Å²) < 4.78 is 6.33. The zero-order valence-electron chi connectivity index (χ0n) is 16.3. The smallest absolute Gasteiger partial charge is 0.246 e. The molecule has 0 radical (unpaired) electrons. The molecule has 1 aliphatic carbocycles. The Hall–Kier alpha value is -2.67. The molecule has 7 nitrogen and oxygen atoms in total. The monoisotopic (exact) mass is 395 g/mol. The Labute approximate surface area is 169 Å². The second kappa shape index (κ2) is 6.16. The first-order valence-corrected chi connectivity index (χ1v) is 10.3. The van der Waals surface area contributed by atoms with Gasteiger partial charge in [0.2, 0.25) is 17.7 Å². The molecule has 152 valence electrons. The average Bonchev–Trinajstić information content (AvgIpc) is 3.42. The van der Waals surface area contributed by atoms with Gasteiger partial charge in [-0.25, -0.2) is 0 Å². The molecule has 0 unspecified atom stereocenters. The second-order valence-corrected chi connectivity index (χ2v) is 8.77. The van der Waals surface area contributed by atoms with E-state index in [0.29, 0.717) is 5.69 Å². The van der Waals surface area contributed by atoms with Gasteiger partial charge in [-0.05, 0) is 31.9 Å². The van der Waals surface area contributed by atoms with Crippen molar-refractivity contribution in [1.29, 1.82) is 0 Å². The van der Waals surface area contributed by atoms with Crippen molar-refractivity contribution in [1.82, 2.24) is 5.32 Å². The zero-order valence-corrected chi connectivity index (χ0v) is 16.3. The Kier molecular flexibility index (Phi) is 3.90. The van der Waals surface area contributed by atoms with Gasteiger partial charge in [0.25, 0.3) is 0 Å². The lowest BCUT2D eigenvalue weighted by Crippen LogP contribution is -2.56. The molecule has 5 rings (SSSR count). The Balaban J connectivity index is 1.61. The lowest BCUT2D eigenvalue weighted by molar-refractivity contribution is -0.132. The summed E-state index contributed by atoms with van der Waals surface area (Å²) in [6, 6.07) is 8.31. The van der Waals surface area contributed by atoms with Gasteiger partial charge in [-0.3, -0.25) is 19.3 Å². The summed E-state index contributed by atoms with van der Waals surface area (Å²) in [6.07, 6.45) is 7.64. The number of nitrogens with two attached hydrogens (primary N) is 1. The van der Waals surface area contributed by atoms with Crippen molar-refractivity contribution in [3.05, 3.63) is 42.5 Å². The van der Waals surface area contributed by atoms with Crippen LogP contribution in [0.1, 0.15) is 32.6 Å². The molecule has 3 heterocycles. The molecular formula is C22H25N3O4. The standard InChI is InChI=1S/C22H25N3O4/c1-21-11-12-22(29-21)16(15(21)18(23)26)20(28)25(14-9-3-2-4-10-14)17(22)19(27)24-13-7-5-6-8-13/h2-4,9-13,15-17H,5-8H2,1H3,(H2,23,26)(H,24,27)/t15-,16+,17-,21+,22-/m1/s1. The van der Waals surface area contributed by atoms with E-state index in [9.17, 15) is 14.4 Å². The van der Waals surface area contributed by atoms with E-state index in [4.69, 9.17) is 10.5 Å². The normalized spacial score (nSPS) is 37.9. The summed E-state index contributed by atoms with van der Waals surface area (Å²) >= 11 is 0. The van der Waals surface area contributed by atoms with Gasteiger partial charge >= 0.3 is 0 Å². The fourth-order valence-corrected chi connectivity index (χ4v) is 5.79. The molecule has 3 aliphatic heterocycles. The van der Waals surface area contributed by atoms with Gasteiger partial charge in [0.05, 0.1) is 17.4 Å². The van der Waals surface area contributed by atoms with Crippen LogP contribution < -0.4 is 16.0 Å². The molecule has 3 fully saturated rings. The summed E-state index contributed by atoms with van der Waals surface area (Å²) in [6.45, 7) is 1.76. The molecule has 5 atom stereocenters. The van der Waals surface area contributed by atoms with Gasteiger partial charge in [-0.2, -0.15) is 0 Å². The zero-order chi connectivity index (χ0) is 20.4. The maximum Gasteiger partial charge on any atom is 0.246 e. The van der Waals surface area contributed by atoms with Crippen LogP contribution in [0.4, 0.5) is 5.69 Å². The Morgan fingerprint density at radius 2 is 1.86 bits per heavy atom. The molecule has 4 aliphatic rings. The van der Waals surface area contributed by atoms with Crippen LogP contribution >= 0.6 is 0 Å². The number of fused-ring (bicyclic) bond motifs is 1. The van der Waals surface area contributed by atoms with Crippen molar-refractivity contribution in [3.63, 3.8) is 0 Å². The highest BCUT2D eigenvalue weighted by Crippen LogP contribution is 2.60. The predicted octanol–water partition coefficient (Wildman–Crippen LogP) is 1.28. The van der Waals surface area contributed by atoms with Crippen LogP contribution in [0.15, 0.2) is 42.5 Å². The van der Waals surface area contributed by atoms with E-state index in [-0.39, 0.29) is 17.9 Å². The van der Waals surface area contributed by atoms with Crippen LogP contribution in [0.2, 0.25) is 0 Å². The fourth-order valence-electron chi connectivity index (χ4n) is 5.79. The molecule has 1 aromatic rings. The van der Waals surface area contributed by atoms with Crippen molar-refractivity contribution < 1.29 is 19.1 Å². The number of rotatable bonds is 4. The van der Waals surface area contributed by atoms with E-state index in [1.807, 2.05) is 18.2 Å². The summed E-state index contributed by atoms with van der Waals surface area (Å²) in [4.78, 5) is 40.9. The molecular weight excluding hydrogens is 370 g/mol. The van der Waals surface area contributed by atoms with Gasteiger partial charge in [0.1, 0.15) is 11.6 Å². The summed E-state index contributed by atoms with van der Waals surface area (Å²) in [7, 11) is 0. The third kappa shape index (κ3) is 2.43. The Morgan fingerprint density at radius 3 is 2.52 bits per heavy atom. The molecule has 1 spiro atoms. The summed E-state index contributed by atoms with van der Waals surface area (Å²) in [5, 5.41) is 3.13. The highest BCUT2D eigenvalue weighted by molar-refractivity contribution is 6.10. The van der Waals surface area contributed by atoms with Gasteiger partial charge in [-0.15, -0.1) is 0 Å². The third-order valence-electron chi connectivity index (χ3n) is 6.99. The third-order valence-corrected chi connectivity index (χ3v) is 6.99. The van der Waals surface area contributed by atoms with Crippen molar-refractivity contribution in [2.45, 2.75) is 55.9 Å². The number of primary amides is 1. The number of hydrogen-bond acceptors (Lipinski definition) is 4. The van der Waals surface area contributed by atoms with Crippen molar-refractivity contribution in [2.75, 3.05) is 4.90 Å². The fraction of sp³-hybridized carbons (Fsp3) is 0.500. The number of ether oxygens (including phenoxy) is 1. The minimum atomic E-state index is -1.19. The summed E-state index contributed by atoms with van der Waals surface area (Å²) in [5.74, 6) is -2.73. The summed E-state index contributed by atoms with van der Waals surface area (Å²) in [5.41, 5.74) is 4.15. The number of para-hydroxylation sites is 1. The van der Waals surface area contributed by atoms with E-state index < -0.39 is 35.0 Å². The molecule has 3 amide bonds. The van der Waals surface area contributed by atoms with Crippen molar-refractivity contribution in [2.24, 2.45) is 17.6 Å². The van der Waals surface area contributed by atoms with Gasteiger partial charge in [0.15, 0.2) is 0 Å². The number of nitrogens with one attached hydrogen (secondary N) is 1. The highest BCUT2D eigenvalue weighted by atomic mass is 16.5. The van der Waals surface area contributed by atoms with Crippen LogP contribution in [0.5, 0.6) is 0 Å². The first kappa shape index (κ1) is 18.4. The van der Waals surface area contributed by atoms with Crippen LogP contribution in [-0.2, 0) is 19.1 Å². The number of carbonyl (C=O) groups is 3. The molecule has 3 N–H and O–H groups in total. The van der Waals surface area contributed by atoms with Gasteiger partial charge in [-0.1, -0.05) is 43.2 Å². The lowest BCUT2D eigenvalue weighted by Gasteiger charge is -2.33. The number of nitrogens with zero attached hydrogens (tertiary/aromatic N) is 1. The molecule has 2 saturated heterocycles. The molecule has 7 heteroatoms. The van der Waals surface area contributed by atoms with Crippen molar-refractivity contribution >= 4 is 23.4 Å². The average molecular weight is 395 g/mol. The van der Waals surface area contributed by atoms with E-state index in [1.165, 1.54) is 4.90 Å². The topological polar surface area (TPSA) is 102 Å².